The SMILES string of the molecule is Cc1ccc(CN2C(=O)C(O)=C(c3ccc(C)cc3)[C@@H]2c2ccccc2Br)cc1. The first kappa shape index (κ1) is 19.5. The zero-order valence-corrected chi connectivity index (χ0v) is 18.0. The van der Waals surface area contributed by atoms with Gasteiger partial charge in [-0.25, -0.2) is 0 Å². The first-order chi connectivity index (χ1) is 14.0. The van der Waals surface area contributed by atoms with Gasteiger partial charge in [0.1, 0.15) is 0 Å². The summed E-state index contributed by atoms with van der Waals surface area (Å²) < 4.78 is 0.908. The van der Waals surface area contributed by atoms with E-state index in [1.54, 1.807) is 4.90 Å². The van der Waals surface area contributed by atoms with Gasteiger partial charge in [0.2, 0.25) is 0 Å². The summed E-state index contributed by atoms with van der Waals surface area (Å²) in [7, 11) is 0. The maximum absolute atomic E-state index is 13.1. The Morgan fingerprint density at radius 2 is 1.48 bits per heavy atom. The first-order valence-electron chi connectivity index (χ1n) is 9.57. The van der Waals surface area contributed by atoms with E-state index < -0.39 is 0 Å². The molecule has 0 bridgehead atoms. The van der Waals surface area contributed by atoms with Gasteiger partial charge in [-0.15, -0.1) is 0 Å². The lowest BCUT2D eigenvalue weighted by Crippen LogP contribution is -2.30. The summed E-state index contributed by atoms with van der Waals surface area (Å²) in [4.78, 5) is 14.9. The fourth-order valence-corrected chi connectivity index (χ4v) is 4.26. The maximum atomic E-state index is 13.1. The Kier molecular flexibility index (Phi) is 5.29. The minimum absolute atomic E-state index is 0.179. The van der Waals surface area contributed by atoms with Gasteiger partial charge in [-0.3, -0.25) is 4.79 Å². The van der Waals surface area contributed by atoms with Gasteiger partial charge in [0.15, 0.2) is 5.76 Å². The number of aliphatic hydroxyl groups excluding tert-OH is 1. The highest BCUT2D eigenvalue weighted by Gasteiger charge is 2.41. The van der Waals surface area contributed by atoms with Crippen LogP contribution in [0.15, 0.2) is 83.0 Å². The van der Waals surface area contributed by atoms with Crippen molar-refractivity contribution in [3.63, 3.8) is 0 Å². The van der Waals surface area contributed by atoms with Crippen LogP contribution in [0.3, 0.4) is 0 Å². The summed E-state index contributed by atoms with van der Waals surface area (Å²) in [6.07, 6.45) is 0. The van der Waals surface area contributed by atoms with Crippen LogP contribution in [-0.2, 0) is 11.3 Å². The second-order valence-electron chi connectivity index (χ2n) is 7.47. The lowest BCUT2D eigenvalue weighted by atomic mass is 9.93. The topological polar surface area (TPSA) is 40.5 Å². The van der Waals surface area contributed by atoms with E-state index in [2.05, 4.69) is 15.9 Å². The van der Waals surface area contributed by atoms with Crippen LogP contribution in [0, 0.1) is 13.8 Å². The Morgan fingerprint density at radius 1 is 0.897 bits per heavy atom. The number of hydrogen-bond donors (Lipinski definition) is 1. The van der Waals surface area contributed by atoms with Crippen LogP contribution in [0.25, 0.3) is 5.57 Å². The van der Waals surface area contributed by atoms with Crippen molar-refractivity contribution >= 4 is 27.4 Å². The van der Waals surface area contributed by atoms with E-state index in [4.69, 9.17) is 0 Å². The third kappa shape index (κ3) is 3.73. The molecular weight excluding hydrogens is 426 g/mol. The number of carbonyl (C=O) groups is 1. The molecule has 1 heterocycles. The molecule has 29 heavy (non-hydrogen) atoms. The number of aryl methyl sites for hydroxylation is 2. The normalized spacial score (nSPS) is 16.6. The van der Waals surface area contributed by atoms with Gasteiger partial charge in [-0.1, -0.05) is 93.8 Å². The van der Waals surface area contributed by atoms with Gasteiger partial charge in [-0.2, -0.15) is 0 Å². The number of rotatable bonds is 4. The van der Waals surface area contributed by atoms with Crippen LogP contribution in [-0.4, -0.2) is 15.9 Å². The second kappa shape index (κ2) is 7.88. The molecule has 0 saturated heterocycles. The van der Waals surface area contributed by atoms with Crippen LogP contribution in [0.5, 0.6) is 0 Å². The van der Waals surface area contributed by atoms with Gasteiger partial charge in [0.05, 0.1) is 6.04 Å². The molecule has 0 aliphatic carbocycles. The Hall–Kier alpha value is -2.85. The van der Waals surface area contributed by atoms with Crippen LogP contribution >= 0.6 is 15.9 Å². The monoisotopic (exact) mass is 447 g/mol. The smallest absolute Gasteiger partial charge is 0.290 e. The molecule has 1 aliphatic rings. The number of nitrogens with zero attached hydrogens (tertiary/aromatic N) is 1. The highest BCUT2D eigenvalue weighted by molar-refractivity contribution is 9.10. The van der Waals surface area contributed by atoms with Gasteiger partial charge in [0, 0.05) is 16.6 Å². The van der Waals surface area contributed by atoms with E-state index in [1.165, 1.54) is 5.56 Å². The van der Waals surface area contributed by atoms with Crippen molar-refractivity contribution < 1.29 is 9.90 Å². The molecule has 0 spiro atoms. The van der Waals surface area contributed by atoms with Crippen molar-refractivity contribution in [1.29, 1.82) is 0 Å². The van der Waals surface area contributed by atoms with Crippen LogP contribution in [0.2, 0.25) is 0 Å². The fourth-order valence-electron chi connectivity index (χ4n) is 3.76. The maximum Gasteiger partial charge on any atom is 0.290 e. The van der Waals surface area contributed by atoms with Crippen molar-refractivity contribution in [2.24, 2.45) is 0 Å². The van der Waals surface area contributed by atoms with Gasteiger partial charge < -0.3 is 10.0 Å². The van der Waals surface area contributed by atoms with E-state index in [0.717, 1.165) is 26.7 Å². The second-order valence-corrected chi connectivity index (χ2v) is 8.33. The molecule has 1 atom stereocenters. The van der Waals surface area contributed by atoms with E-state index in [0.29, 0.717) is 12.1 Å². The summed E-state index contributed by atoms with van der Waals surface area (Å²) in [6, 6.07) is 23.6. The third-order valence-corrected chi connectivity index (χ3v) is 6.06. The van der Waals surface area contributed by atoms with Crippen LogP contribution in [0.4, 0.5) is 0 Å². The fraction of sp³-hybridized carbons (Fsp3) is 0.160. The number of halogens is 1. The molecule has 0 fully saturated rings. The Labute approximate surface area is 179 Å². The molecule has 3 nitrogen and oxygen atoms in total. The predicted octanol–water partition coefficient (Wildman–Crippen LogP) is 6.12. The summed E-state index contributed by atoms with van der Waals surface area (Å²) in [6.45, 7) is 4.48. The molecule has 4 rings (SSSR count). The highest BCUT2D eigenvalue weighted by atomic mass is 79.9. The standard InChI is InChI=1S/C25H22BrNO2/c1-16-7-11-18(12-8-16)15-27-23(20-5-3-4-6-21(20)26)22(24(28)25(27)29)19-13-9-17(2)10-14-19/h3-14,23,28H,15H2,1-2H3/t23-/m0/s1. The Bertz CT molecular complexity index is 1080. The molecule has 146 valence electrons. The van der Waals surface area contributed by atoms with E-state index >= 15 is 0 Å². The number of carbonyl (C=O) groups excluding carboxylic acids is 1. The summed E-state index contributed by atoms with van der Waals surface area (Å²) >= 11 is 3.64. The van der Waals surface area contributed by atoms with Gasteiger partial charge >= 0.3 is 0 Å². The summed E-state index contributed by atoms with van der Waals surface area (Å²) in [5.41, 5.74) is 5.78. The molecule has 0 unspecified atom stereocenters. The number of amides is 1. The molecule has 0 radical (unpaired) electrons. The average Bonchev–Trinajstić information content (AvgIpc) is 2.95. The number of hydrogen-bond acceptors (Lipinski definition) is 2. The average molecular weight is 448 g/mol. The molecule has 1 aliphatic heterocycles. The molecular formula is C25H22BrNO2. The molecule has 1 amide bonds. The number of benzene rings is 3. The third-order valence-electron chi connectivity index (χ3n) is 5.34. The quantitative estimate of drug-likeness (QED) is 0.523. The lowest BCUT2D eigenvalue weighted by Gasteiger charge is -2.28. The van der Waals surface area contributed by atoms with Crippen molar-refractivity contribution in [2.75, 3.05) is 0 Å². The van der Waals surface area contributed by atoms with Crippen LogP contribution in [0.1, 0.15) is 33.9 Å². The molecule has 0 aromatic heterocycles. The summed E-state index contributed by atoms with van der Waals surface area (Å²) in [5.74, 6) is -0.524. The first-order valence-corrected chi connectivity index (χ1v) is 10.4. The van der Waals surface area contributed by atoms with Crippen molar-refractivity contribution in [3.05, 3.63) is 111 Å². The highest BCUT2D eigenvalue weighted by Crippen LogP contribution is 2.45. The molecule has 3 aromatic rings. The van der Waals surface area contributed by atoms with Crippen molar-refractivity contribution in [1.82, 2.24) is 4.90 Å². The van der Waals surface area contributed by atoms with Crippen molar-refractivity contribution in [2.45, 2.75) is 26.4 Å². The largest absolute Gasteiger partial charge is 0.503 e. The summed E-state index contributed by atoms with van der Waals surface area (Å²) in [5, 5.41) is 10.9. The molecule has 4 heteroatoms. The molecule has 1 N–H and O–H groups in total. The van der Waals surface area contributed by atoms with E-state index in [1.807, 2.05) is 86.6 Å². The zero-order valence-electron chi connectivity index (χ0n) is 16.4. The van der Waals surface area contributed by atoms with E-state index in [-0.39, 0.29) is 17.7 Å². The van der Waals surface area contributed by atoms with Gasteiger partial charge in [-0.05, 0) is 36.6 Å². The Morgan fingerprint density at radius 3 is 2.10 bits per heavy atom. The minimum atomic E-state index is -0.373. The van der Waals surface area contributed by atoms with Gasteiger partial charge in [0.25, 0.3) is 5.91 Å². The molecule has 3 aromatic carbocycles. The van der Waals surface area contributed by atoms with Crippen LogP contribution < -0.4 is 0 Å². The molecule has 0 saturated carbocycles. The predicted molar refractivity (Wildman–Crippen MR) is 119 cm³/mol. The minimum Gasteiger partial charge on any atom is -0.503 e. The lowest BCUT2D eigenvalue weighted by molar-refractivity contribution is -0.130. The van der Waals surface area contributed by atoms with E-state index in [9.17, 15) is 9.90 Å². The number of aliphatic hydroxyl groups is 1. The van der Waals surface area contributed by atoms with Crippen molar-refractivity contribution in [3.8, 4) is 0 Å². The zero-order chi connectivity index (χ0) is 20.5. The Balaban J connectivity index is 1.83.